The van der Waals surface area contributed by atoms with Crippen molar-refractivity contribution in [2.45, 2.75) is 6.92 Å². The Morgan fingerprint density at radius 3 is 2.87 bits per heavy atom. The van der Waals surface area contributed by atoms with Crippen molar-refractivity contribution in [3.63, 3.8) is 0 Å². The molecule has 0 atom stereocenters. The number of benzene rings is 1. The molecule has 0 radical (unpaired) electrons. The highest BCUT2D eigenvalue weighted by Crippen LogP contribution is 2.29. The number of nitro benzene ring substituents is 1. The molecule has 0 saturated carbocycles. The Balaban J connectivity index is 3.02. The lowest BCUT2D eigenvalue weighted by Gasteiger charge is -2.06. The molecule has 0 aliphatic heterocycles. The molecule has 0 aromatic heterocycles. The van der Waals surface area contributed by atoms with E-state index in [0.29, 0.717) is 5.57 Å². The normalized spacial score (nSPS) is 9.73. The van der Waals surface area contributed by atoms with Crippen LogP contribution in [0, 0.1) is 15.9 Å². The predicted octanol–water partition coefficient (Wildman–Crippen LogP) is 2.69. The largest absolute Gasteiger partial charge is 0.480 e. The quantitative estimate of drug-likeness (QED) is 0.437. The van der Waals surface area contributed by atoms with Crippen molar-refractivity contribution in [3.8, 4) is 5.75 Å². The standard InChI is InChI=1S/C10H10FNO3/c1-7(2)6-15-10-8(11)4-3-5-9(10)12(13)14/h3-5H,1,6H2,2H3. The van der Waals surface area contributed by atoms with E-state index < -0.39 is 10.7 Å². The second-order valence-electron chi connectivity index (χ2n) is 3.09. The fourth-order valence-electron chi connectivity index (χ4n) is 0.979. The maximum atomic E-state index is 13.2. The van der Waals surface area contributed by atoms with E-state index in [0.717, 1.165) is 6.07 Å². The average Bonchev–Trinajstić information content (AvgIpc) is 2.15. The number of hydrogen-bond acceptors (Lipinski definition) is 3. The monoisotopic (exact) mass is 211 g/mol. The van der Waals surface area contributed by atoms with Crippen LogP contribution >= 0.6 is 0 Å². The second-order valence-corrected chi connectivity index (χ2v) is 3.09. The third-order valence-electron chi connectivity index (χ3n) is 1.61. The number of nitrogens with zero attached hydrogens (tertiary/aromatic N) is 1. The van der Waals surface area contributed by atoms with Crippen LogP contribution in [0.15, 0.2) is 30.4 Å². The first-order valence-electron chi connectivity index (χ1n) is 4.22. The Kier molecular flexibility index (Phi) is 3.38. The van der Waals surface area contributed by atoms with E-state index in [-0.39, 0.29) is 18.0 Å². The van der Waals surface area contributed by atoms with E-state index in [4.69, 9.17) is 4.74 Å². The topological polar surface area (TPSA) is 52.4 Å². The average molecular weight is 211 g/mol. The molecule has 1 aromatic rings. The Hall–Kier alpha value is -1.91. The van der Waals surface area contributed by atoms with Crippen LogP contribution in [0.2, 0.25) is 0 Å². The van der Waals surface area contributed by atoms with Crippen LogP contribution in [0.25, 0.3) is 0 Å². The van der Waals surface area contributed by atoms with Gasteiger partial charge < -0.3 is 4.74 Å². The number of ether oxygens (including phenoxy) is 1. The minimum absolute atomic E-state index is 0.0573. The highest BCUT2D eigenvalue weighted by atomic mass is 19.1. The van der Waals surface area contributed by atoms with Gasteiger partial charge in [0.25, 0.3) is 0 Å². The van der Waals surface area contributed by atoms with Gasteiger partial charge in [0, 0.05) is 6.07 Å². The van der Waals surface area contributed by atoms with E-state index in [1.807, 2.05) is 0 Å². The van der Waals surface area contributed by atoms with Gasteiger partial charge in [0.05, 0.1) is 4.92 Å². The molecule has 0 bridgehead atoms. The van der Waals surface area contributed by atoms with E-state index in [9.17, 15) is 14.5 Å². The second kappa shape index (κ2) is 4.54. The zero-order chi connectivity index (χ0) is 11.4. The molecule has 5 heteroatoms. The van der Waals surface area contributed by atoms with Crippen LogP contribution in [-0.2, 0) is 0 Å². The molecule has 0 fully saturated rings. The van der Waals surface area contributed by atoms with Crippen LogP contribution in [0.4, 0.5) is 10.1 Å². The van der Waals surface area contributed by atoms with Gasteiger partial charge in [-0.2, -0.15) is 0 Å². The van der Waals surface area contributed by atoms with Gasteiger partial charge in [-0.1, -0.05) is 12.6 Å². The van der Waals surface area contributed by atoms with Crippen LogP contribution in [0.1, 0.15) is 6.92 Å². The molecule has 0 aliphatic rings. The third kappa shape index (κ3) is 2.77. The van der Waals surface area contributed by atoms with Gasteiger partial charge in [-0.25, -0.2) is 4.39 Å². The Bertz CT molecular complexity index is 404. The number of hydrogen-bond donors (Lipinski definition) is 0. The molecule has 1 rings (SSSR count). The van der Waals surface area contributed by atoms with Crippen LogP contribution in [0.3, 0.4) is 0 Å². The summed E-state index contributed by atoms with van der Waals surface area (Å²) in [4.78, 5) is 9.87. The summed E-state index contributed by atoms with van der Waals surface area (Å²) in [6.07, 6.45) is 0. The lowest BCUT2D eigenvalue weighted by molar-refractivity contribution is -0.386. The van der Waals surface area contributed by atoms with E-state index in [2.05, 4.69) is 6.58 Å². The molecular weight excluding hydrogens is 201 g/mol. The highest BCUT2D eigenvalue weighted by Gasteiger charge is 2.18. The summed E-state index contributed by atoms with van der Waals surface area (Å²) < 4.78 is 18.2. The molecule has 0 heterocycles. The fourth-order valence-corrected chi connectivity index (χ4v) is 0.979. The van der Waals surface area contributed by atoms with Gasteiger partial charge in [0.2, 0.25) is 5.75 Å². The molecule has 0 amide bonds. The smallest absolute Gasteiger partial charge is 0.314 e. The van der Waals surface area contributed by atoms with Crippen LogP contribution in [-0.4, -0.2) is 11.5 Å². The van der Waals surface area contributed by atoms with Crippen molar-refractivity contribution in [2.75, 3.05) is 6.61 Å². The molecule has 0 N–H and O–H groups in total. The highest BCUT2D eigenvalue weighted by molar-refractivity contribution is 5.47. The van der Waals surface area contributed by atoms with Crippen molar-refractivity contribution >= 4 is 5.69 Å². The minimum atomic E-state index is -0.745. The lowest BCUT2D eigenvalue weighted by Crippen LogP contribution is -2.02. The Morgan fingerprint density at radius 2 is 2.33 bits per heavy atom. The molecule has 80 valence electrons. The first-order valence-corrected chi connectivity index (χ1v) is 4.22. The predicted molar refractivity (Wildman–Crippen MR) is 53.4 cm³/mol. The van der Waals surface area contributed by atoms with Gasteiger partial charge in [-0.05, 0) is 18.6 Å². The van der Waals surface area contributed by atoms with E-state index >= 15 is 0 Å². The van der Waals surface area contributed by atoms with Gasteiger partial charge >= 0.3 is 5.69 Å². The van der Waals surface area contributed by atoms with Crippen LogP contribution in [0.5, 0.6) is 5.75 Å². The summed E-state index contributed by atoms with van der Waals surface area (Å²) in [6, 6.07) is 3.57. The first-order chi connectivity index (χ1) is 7.02. The van der Waals surface area contributed by atoms with Gasteiger partial charge in [-0.3, -0.25) is 10.1 Å². The summed E-state index contributed by atoms with van der Waals surface area (Å²) in [5.74, 6) is -1.09. The number of rotatable bonds is 4. The van der Waals surface area contributed by atoms with Crippen molar-refractivity contribution in [1.82, 2.24) is 0 Å². The number of halogens is 1. The van der Waals surface area contributed by atoms with Crippen molar-refractivity contribution in [2.24, 2.45) is 0 Å². The van der Waals surface area contributed by atoms with Crippen molar-refractivity contribution < 1.29 is 14.1 Å². The fraction of sp³-hybridized carbons (Fsp3) is 0.200. The summed E-state index contributed by atoms with van der Waals surface area (Å²) in [7, 11) is 0. The molecule has 0 saturated heterocycles. The molecule has 4 nitrogen and oxygen atoms in total. The Labute approximate surface area is 86.1 Å². The van der Waals surface area contributed by atoms with Crippen molar-refractivity contribution in [3.05, 3.63) is 46.3 Å². The molecule has 15 heavy (non-hydrogen) atoms. The van der Waals surface area contributed by atoms with Gasteiger partial charge in [0.15, 0.2) is 5.82 Å². The van der Waals surface area contributed by atoms with E-state index in [1.165, 1.54) is 12.1 Å². The maximum absolute atomic E-state index is 13.2. The van der Waals surface area contributed by atoms with E-state index in [1.54, 1.807) is 6.92 Å². The molecular formula is C10H10FNO3. The zero-order valence-corrected chi connectivity index (χ0v) is 8.20. The Morgan fingerprint density at radius 1 is 1.67 bits per heavy atom. The van der Waals surface area contributed by atoms with Gasteiger partial charge in [-0.15, -0.1) is 0 Å². The lowest BCUT2D eigenvalue weighted by atomic mass is 10.3. The minimum Gasteiger partial charge on any atom is -0.480 e. The summed E-state index contributed by atoms with van der Waals surface area (Å²) >= 11 is 0. The molecule has 0 unspecified atom stereocenters. The zero-order valence-electron chi connectivity index (χ0n) is 8.20. The third-order valence-corrected chi connectivity index (χ3v) is 1.61. The van der Waals surface area contributed by atoms with Crippen LogP contribution < -0.4 is 4.74 Å². The summed E-state index contributed by atoms with van der Waals surface area (Å²) in [5, 5.41) is 10.6. The SMILES string of the molecule is C=C(C)COc1c(F)cccc1[N+](=O)[O-]. The summed E-state index contributed by atoms with van der Waals surface area (Å²) in [5.41, 5.74) is 0.281. The molecule has 0 spiro atoms. The molecule has 0 aliphatic carbocycles. The number of para-hydroxylation sites is 1. The summed E-state index contributed by atoms with van der Waals surface area (Å²) in [6.45, 7) is 5.30. The van der Waals surface area contributed by atoms with Crippen molar-refractivity contribution in [1.29, 1.82) is 0 Å². The first kappa shape index (κ1) is 11.2. The number of nitro groups is 1. The van der Waals surface area contributed by atoms with Gasteiger partial charge in [0.1, 0.15) is 6.61 Å². The maximum Gasteiger partial charge on any atom is 0.314 e. The molecule has 1 aromatic carbocycles.